The van der Waals surface area contributed by atoms with E-state index in [4.69, 9.17) is 0 Å². The van der Waals surface area contributed by atoms with Crippen LogP contribution in [0.5, 0.6) is 0 Å². The van der Waals surface area contributed by atoms with Gasteiger partial charge in [0.15, 0.2) is 9.84 Å². The highest BCUT2D eigenvalue weighted by Gasteiger charge is 2.31. The molecule has 0 radical (unpaired) electrons. The zero-order valence-corrected chi connectivity index (χ0v) is 18.3. The van der Waals surface area contributed by atoms with Gasteiger partial charge in [-0.1, -0.05) is 13.8 Å². The molecule has 28 heavy (non-hydrogen) atoms. The second-order valence-electron chi connectivity index (χ2n) is 8.87. The summed E-state index contributed by atoms with van der Waals surface area (Å²) in [5, 5.41) is 0.814. The smallest absolute Gasteiger partial charge is 0.273 e. The number of sulfone groups is 1. The van der Waals surface area contributed by atoms with E-state index in [9.17, 15) is 13.2 Å². The number of amides is 1. The molecule has 8 heteroatoms. The highest BCUT2D eigenvalue weighted by molar-refractivity contribution is 7.91. The first-order chi connectivity index (χ1) is 13.1. The van der Waals surface area contributed by atoms with Crippen molar-refractivity contribution in [3.05, 3.63) is 22.5 Å². The van der Waals surface area contributed by atoms with Crippen LogP contribution in [0.3, 0.4) is 0 Å². The first-order valence-corrected chi connectivity index (χ1v) is 12.6. The Hall–Kier alpha value is -1.54. The highest BCUT2D eigenvalue weighted by Crippen LogP contribution is 2.45. The van der Waals surface area contributed by atoms with Crippen LogP contribution in [0.15, 0.2) is 6.07 Å². The van der Waals surface area contributed by atoms with Crippen molar-refractivity contribution in [2.45, 2.75) is 52.4 Å². The summed E-state index contributed by atoms with van der Waals surface area (Å²) in [6, 6.07) is 2.11. The quantitative estimate of drug-likeness (QED) is 0.741. The molecule has 0 unspecified atom stereocenters. The van der Waals surface area contributed by atoms with Gasteiger partial charge in [0.1, 0.15) is 16.3 Å². The Labute approximate surface area is 170 Å². The maximum Gasteiger partial charge on any atom is 0.273 e. The Balaban J connectivity index is 1.64. The molecule has 6 nitrogen and oxygen atoms in total. The molecule has 1 aliphatic heterocycles. The molecule has 2 aliphatic rings. The molecule has 2 aromatic rings. The molecule has 0 bridgehead atoms. The molecular weight excluding hydrogens is 394 g/mol. The lowest BCUT2D eigenvalue weighted by Crippen LogP contribution is -2.44. The highest BCUT2D eigenvalue weighted by atomic mass is 32.2. The van der Waals surface area contributed by atoms with Gasteiger partial charge in [0.2, 0.25) is 0 Å². The van der Waals surface area contributed by atoms with Crippen molar-refractivity contribution in [3.8, 4) is 0 Å². The predicted molar refractivity (Wildman–Crippen MR) is 112 cm³/mol. The molecule has 1 aliphatic carbocycles. The van der Waals surface area contributed by atoms with E-state index in [1.807, 2.05) is 0 Å². The second-order valence-corrected chi connectivity index (χ2v) is 12.2. The summed E-state index contributed by atoms with van der Waals surface area (Å²) in [4.78, 5) is 25.9. The fraction of sp³-hybridized carbons (Fsp3) is 0.650. The first kappa shape index (κ1) is 19.8. The normalized spacial score (nSPS) is 22.5. The van der Waals surface area contributed by atoms with Crippen LogP contribution >= 0.6 is 11.3 Å². The van der Waals surface area contributed by atoms with Gasteiger partial charge in [0, 0.05) is 23.4 Å². The Morgan fingerprint density at radius 3 is 2.46 bits per heavy atom. The maximum absolute atomic E-state index is 13.1. The second kappa shape index (κ2) is 7.06. The summed E-state index contributed by atoms with van der Waals surface area (Å²) in [5.74, 6) is 0.978. The van der Waals surface area contributed by atoms with E-state index < -0.39 is 9.84 Å². The number of fused-ring (bicyclic) bond motifs is 1. The van der Waals surface area contributed by atoms with Gasteiger partial charge in [0.05, 0.1) is 11.5 Å². The molecule has 2 fully saturated rings. The molecular formula is C20H27N3O3S2. The maximum atomic E-state index is 13.1. The number of hydrogen-bond acceptors (Lipinski definition) is 6. The molecule has 0 atom stereocenters. The van der Waals surface area contributed by atoms with Crippen LogP contribution in [0.1, 0.15) is 66.6 Å². The number of hydrogen-bond donors (Lipinski definition) is 0. The van der Waals surface area contributed by atoms with Crippen LogP contribution in [-0.4, -0.2) is 53.8 Å². The molecule has 4 rings (SSSR count). The summed E-state index contributed by atoms with van der Waals surface area (Å²) in [6.07, 6.45) is 4.76. The molecule has 1 saturated carbocycles. The Kier molecular flexibility index (Phi) is 4.98. The lowest BCUT2D eigenvalue weighted by molar-refractivity contribution is 0.0766. The lowest BCUT2D eigenvalue weighted by atomic mass is 9.73. The Morgan fingerprint density at radius 1 is 1.18 bits per heavy atom. The van der Waals surface area contributed by atoms with Gasteiger partial charge in [-0.2, -0.15) is 0 Å². The van der Waals surface area contributed by atoms with Gasteiger partial charge < -0.3 is 4.90 Å². The van der Waals surface area contributed by atoms with Gasteiger partial charge in [-0.05, 0) is 50.0 Å². The van der Waals surface area contributed by atoms with E-state index in [1.54, 1.807) is 23.2 Å². The van der Waals surface area contributed by atoms with Crippen molar-refractivity contribution >= 4 is 37.3 Å². The van der Waals surface area contributed by atoms with Crippen molar-refractivity contribution in [2.75, 3.05) is 24.6 Å². The minimum atomic E-state index is -3.03. The van der Waals surface area contributed by atoms with E-state index in [1.165, 1.54) is 30.6 Å². The number of thiophene rings is 1. The number of aromatic nitrogens is 2. The molecule has 3 heterocycles. The van der Waals surface area contributed by atoms with Crippen LogP contribution in [0.2, 0.25) is 0 Å². The third kappa shape index (κ3) is 3.94. The van der Waals surface area contributed by atoms with Crippen molar-refractivity contribution in [1.82, 2.24) is 14.9 Å². The van der Waals surface area contributed by atoms with Crippen LogP contribution in [0, 0.1) is 12.3 Å². The number of aryl methyl sites for hydroxylation is 1. The molecule has 0 aromatic carbocycles. The summed E-state index contributed by atoms with van der Waals surface area (Å²) in [5.41, 5.74) is 0.833. The molecule has 0 spiro atoms. The van der Waals surface area contributed by atoms with Crippen molar-refractivity contribution in [3.63, 3.8) is 0 Å². The summed E-state index contributed by atoms with van der Waals surface area (Å²) in [6.45, 7) is 6.94. The predicted octanol–water partition coefficient (Wildman–Crippen LogP) is 3.55. The van der Waals surface area contributed by atoms with E-state index in [-0.39, 0.29) is 30.5 Å². The number of carbonyl (C=O) groups is 1. The van der Waals surface area contributed by atoms with Gasteiger partial charge >= 0.3 is 0 Å². The Bertz CT molecular complexity index is 1000. The number of nitrogens with zero attached hydrogens (tertiary/aromatic N) is 3. The summed E-state index contributed by atoms with van der Waals surface area (Å²) < 4.78 is 23.4. The monoisotopic (exact) mass is 421 g/mol. The van der Waals surface area contributed by atoms with Crippen molar-refractivity contribution in [2.24, 2.45) is 5.41 Å². The average Bonchev–Trinajstić information content (AvgIpc) is 3.04. The SMILES string of the molecule is Cc1nc(C(=O)N2CCS(=O)(=O)CC2)c2cc(C3CCC(C)(C)CC3)sc2n1. The topological polar surface area (TPSA) is 80.2 Å². The molecule has 1 amide bonds. The van der Waals surface area contributed by atoms with Gasteiger partial charge in [0.25, 0.3) is 5.91 Å². The minimum Gasteiger partial charge on any atom is -0.335 e. The molecule has 0 N–H and O–H groups in total. The fourth-order valence-electron chi connectivity index (χ4n) is 4.16. The molecule has 1 saturated heterocycles. The Morgan fingerprint density at radius 2 is 1.82 bits per heavy atom. The molecule has 152 valence electrons. The summed E-state index contributed by atoms with van der Waals surface area (Å²) >= 11 is 1.68. The minimum absolute atomic E-state index is 0.0265. The van der Waals surface area contributed by atoms with E-state index >= 15 is 0 Å². The van der Waals surface area contributed by atoms with Crippen molar-refractivity contribution < 1.29 is 13.2 Å². The van der Waals surface area contributed by atoms with Crippen LogP contribution < -0.4 is 0 Å². The van der Waals surface area contributed by atoms with Crippen LogP contribution in [0.25, 0.3) is 10.2 Å². The van der Waals surface area contributed by atoms with Gasteiger partial charge in [-0.15, -0.1) is 11.3 Å². The number of rotatable bonds is 2. The zero-order chi connectivity index (χ0) is 20.1. The van der Waals surface area contributed by atoms with Gasteiger partial charge in [-0.25, -0.2) is 18.4 Å². The standard InChI is InChI=1S/C20H27N3O3S2/c1-13-21-17(19(24)23-8-10-28(25,26)11-9-23)15-12-16(27-18(15)22-13)14-4-6-20(2,3)7-5-14/h12,14H,4-11H2,1-3H3. The third-order valence-corrected chi connectivity index (χ3v) is 8.90. The van der Waals surface area contributed by atoms with Crippen LogP contribution in [0.4, 0.5) is 0 Å². The third-order valence-electron chi connectivity index (χ3n) is 6.10. The van der Waals surface area contributed by atoms with Crippen LogP contribution in [-0.2, 0) is 9.84 Å². The average molecular weight is 422 g/mol. The van der Waals surface area contributed by atoms with E-state index in [0.29, 0.717) is 22.9 Å². The summed E-state index contributed by atoms with van der Waals surface area (Å²) in [7, 11) is -3.03. The molecule has 2 aromatic heterocycles. The zero-order valence-electron chi connectivity index (χ0n) is 16.7. The largest absolute Gasteiger partial charge is 0.335 e. The number of carbonyl (C=O) groups excluding carboxylic acids is 1. The first-order valence-electron chi connectivity index (χ1n) is 9.91. The van der Waals surface area contributed by atoms with E-state index in [0.717, 1.165) is 10.2 Å². The lowest BCUT2D eigenvalue weighted by Gasteiger charge is -2.33. The fourth-order valence-corrected chi connectivity index (χ4v) is 6.61. The van der Waals surface area contributed by atoms with Crippen molar-refractivity contribution in [1.29, 1.82) is 0 Å². The van der Waals surface area contributed by atoms with E-state index in [2.05, 4.69) is 29.9 Å². The van der Waals surface area contributed by atoms with Gasteiger partial charge in [-0.3, -0.25) is 4.79 Å².